The highest BCUT2D eigenvalue weighted by Crippen LogP contribution is 2.38. The summed E-state index contributed by atoms with van der Waals surface area (Å²) in [5.41, 5.74) is -0.365. The molecule has 1 saturated heterocycles. The maximum atomic E-state index is 12.3. The largest absolute Gasteiger partial charge is 0.484 e. The Hall–Kier alpha value is -2.37. The van der Waals surface area contributed by atoms with E-state index in [1.165, 1.54) is 6.92 Å². The second-order valence-corrected chi connectivity index (χ2v) is 6.55. The first kappa shape index (κ1) is 18.0. The number of benzene rings is 1. The molecule has 2 rings (SSSR count). The molecule has 1 aliphatic rings. The van der Waals surface area contributed by atoms with E-state index in [9.17, 15) is 19.5 Å². The third kappa shape index (κ3) is 3.58. The number of ketones is 1. The predicted octanol–water partition coefficient (Wildman–Crippen LogP) is 2.23. The lowest BCUT2D eigenvalue weighted by Gasteiger charge is -2.28. The number of aliphatic carboxylic acids is 1. The first-order valence-corrected chi connectivity index (χ1v) is 8.01. The summed E-state index contributed by atoms with van der Waals surface area (Å²) in [6.45, 7) is 5.65. The van der Waals surface area contributed by atoms with Gasteiger partial charge in [-0.2, -0.15) is 0 Å². The van der Waals surface area contributed by atoms with Crippen molar-refractivity contribution in [1.29, 1.82) is 0 Å². The van der Waals surface area contributed by atoms with E-state index >= 15 is 0 Å². The van der Waals surface area contributed by atoms with Crippen molar-refractivity contribution in [3.8, 4) is 5.75 Å². The number of carboxylic acids is 1. The second kappa shape index (κ2) is 7.03. The molecule has 0 spiro atoms. The number of ether oxygens (including phenoxy) is 1. The molecular weight excluding hydrogens is 310 g/mol. The number of hydrogen-bond acceptors (Lipinski definition) is 4. The van der Waals surface area contributed by atoms with Crippen LogP contribution in [0.3, 0.4) is 0 Å². The monoisotopic (exact) mass is 333 g/mol. The van der Waals surface area contributed by atoms with Gasteiger partial charge in [-0.25, -0.2) is 0 Å². The normalized spacial score (nSPS) is 20.2. The Morgan fingerprint density at radius 2 is 2.04 bits per heavy atom. The molecule has 1 unspecified atom stereocenters. The van der Waals surface area contributed by atoms with E-state index in [0.29, 0.717) is 24.3 Å². The summed E-state index contributed by atoms with van der Waals surface area (Å²) in [5, 5.41) is 9.52. The van der Waals surface area contributed by atoms with Gasteiger partial charge < -0.3 is 14.7 Å². The molecule has 0 bridgehead atoms. The van der Waals surface area contributed by atoms with Crippen LogP contribution in [0, 0.1) is 11.3 Å². The molecule has 0 radical (unpaired) electrons. The van der Waals surface area contributed by atoms with Crippen LogP contribution in [0.2, 0.25) is 0 Å². The van der Waals surface area contributed by atoms with E-state index in [1.54, 1.807) is 29.2 Å². The number of carbonyl (C=O) groups is 3. The van der Waals surface area contributed by atoms with Crippen LogP contribution >= 0.6 is 0 Å². The van der Waals surface area contributed by atoms with Gasteiger partial charge in [0.15, 0.2) is 12.4 Å². The minimum Gasteiger partial charge on any atom is -0.484 e. The fraction of sp³-hybridized carbons (Fsp3) is 0.500. The van der Waals surface area contributed by atoms with Gasteiger partial charge in [0.05, 0.1) is 5.41 Å². The molecule has 6 nitrogen and oxygen atoms in total. The van der Waals surface area contributed by atoms with Gasteiger partial charge in [-0.3, -0.25) is 14.4 Å². The number of likely N-dealkylation sites (tertiary alicyclic amines) is 1. The first-order valence-electron chi connectivity index (χ1n) is 8.01. The molecule has 1 aromatic carbocycles. The Labute approximate surface area is 141 Å². The van der Waals surface area contributed by atoms with Gasteiger partial charge >= 0.3 is 5.97 Å². The second-order valence-electron chi connectivity index (χ2n) is 6.55. The van der Waals surface area contributed by atoms with Crippen molar-refractivity contribution in [1.82, 2.24) is 4.90 Å². The summed E-state index contributed by atoms with van der Waals surface area (Å²) < 4.78 is 5.47. The highest BCUT2D eigenvalue weighted by Gasteiger charge is 2.48. The number of Topliss-reactive ketones (excluding diaryl/α,β-unsaturated/α-hetero) is 1. The van der Waals surface area contributed by atoms with Gasteiger partial charge in [0.25, 0.3) is 5.91 Å². The Bertz CT molecular complexity index is 655. The van der Waals surface area contributed by atoms with Crippen molar-refractivity contribution < 1.29 is 24.2 Å². The average molecular weight is 333 g/mol. The standard InChI is InChI=1S/C18H23NO5/c1-12(2)18(17(22)23)7-8-19(11-18)16(21)10-24-15-6-4-5-14(9-15)13(3)20/h4-6,9,12H,7-8,10-11H2,1-3H3,(H,22,23). The van der Waals surface area contributed by atoms with Crippen LogP contribution in [0.1, 0.15) is 37.6 Å². The van der Waals surface area contributed by atoms with Gasteiger partial charge in [-0.1, -0.05) is 26.0 Å². The molecule has 1 aliphatic heterocycles. The SMILES string of the molecule is CC(=O)c1cccc(OCC(=O)N2CCC(C(=O)O)(C(C)C)C2)c1. The zero-order valence-corrected chi connectivity index (χ0v) is 14.2. The number of hydrogen-bond donors (Lipinski definition) is 1. The van der Waals surface area contributed by atoms with Crippen LogP contribution in [0.15, 0.2) is 24.3 Å². The molecule has 24 heavy (non-hydrogen) atoms. The zero-order chi connectivity index (χ0) is 17.9. The highest BCUT2D eigenvalue weighted by molar-refractivity contribution is 5.94. The molecule has 1 fully saturated rings. The Balaban J connectivity index is 1.98. The van der Waals surface area contributed by atoms with Crippen LogP contribution < -0.4 is 4.74 Å². The van der Waals surface area contributed by atoms with E-state index in [1.807, 2.05) is 13.8 Å². The lowest BCUT2D eigenvalue weighted by molar-refractivity contribution is -0.151. The highest BCUT2D eigenvalue weighted by atomic mass is 16.5. The number of rotatable bonds is 6. The Morgan fingerprint density at radius 1 is 1.33 bits per heavy atom. The smallest absolute Gasteiger partial charge is 0.311 e. The van der Waals surface area contributed by atoms with E-state index < -0.39 is 11.4 Å². The number of carboxylic acid groups (broad SMARTS) is 1. The topological polar surface area (TPSA) is 83.9 Å². The Kier molecular flexibility index (Phi) is 5.26. The minimum absolute atomic E-state index is 0.0547. The molecule has 6 heteroatoms. The summed E-state index contributed by atoms with van der Waals surface area (Å²) in [4.78, 5) is 36.8. The fourth-order valence-electron chi connectivity index (χ4n) is 2.98. The van der Waals surface area contributed by atoms with Crippen molar-refractivity contribution in [2.45, 2.75) is 27.2 Å². The maximum absolute atomic E-state index is 12.3. The predicted molar refractivity (Wildman–Crippen MR) is 88.0 cm³/mol. The quantitative estimate of drug-likeness (QED) is 0.807. The van der Waals surface area contributed by atoms with E-state index in [0.717, 1.165) is 0 Å². The third-order valence-corrected chi connectivity index (χ3v) is 4.79. The molecule has 0 saturated carbocycles. The van der Waals surface area contributed by atoms with Crippen molar-refractivity contribution in [3.05, 3.63) is 29.8 Å². The van der Waals surface area contributed by atoms with Gasteiger partial charge in [0.1, 0.15) is 5.75 Å². The maximum Gasteiger partial charge on any atom is 0.311 e. The number of amides is 1. The number of carbonyl (C=O) groups excluding carboxylic acids is 2. The van der Waals surface area contributed by atoms with Crippen molar-refractivity contribution in [3.63, 3.8) is 0 Å². The van der Waals surface area contributed by atoms with Crippen LogP contribution in [0.25, 0.3) is 0 Å². The summed E-state index contributed by atoms with van der Waals surface area (Å²) in [6.07, 6.45) is 0.450. The lowest BCUT2D eigenvalue weighted by atomic mass is 9.76. The summed E-state index contributed by atoms with van der Waals surface area (Å²) in [6, 6.07) is 6.65. The van der Waals surface area contributed by atoms with Crippen LogP contribution in [-0.2, 0) is 9.59 Å². The van der Waals surface area contributed by atoms with Crippen molar-refractivity contribution in [2.75, 3.05) is 19.7 Å². The number of nitrogens with zero attached hydrogens (tertiary/aromatic N) is 1. The van der Waals surface area contributed by atoms with E-state index in [4.69, 9.17) is 4.74 Å². The third-order valence-electron chi connectivity index (χ3n) is 4.79. The van der Waals surface area contributed by atoms with Crippen LogP contribution in [0.5, 0.6) is 5.75 Å². The molecule has 1 heterocycles. The first-order chi connectivity index (χ1) is 11.3. The zero-order valence-electron chi connectivity index (χ0n) is 14.2. The van der Waals surface area contributed by atoms with E-state index in [-0.39, 0.29) is 30.8 Å². The molecule has 1 amide bonds. The molecular formula is C18H23NO5. The van der Waals surface area contributed by atoms with Crippen LogP contribution in [-0.4, -0.2) is 47.4 Å². The lowest BCUT2D eigenvalue weighted by Crippen LogP contribution is -2.41. The molecule has 130 valence electrons. The van der Waals surface area contributed by atoms with Gasteiger partial charge in [0, 0.05) is 18.7 Å². The van der Waals surface area contributed by atoms with Crippen molar-refractivity contribution >= 4 is 17.7 Å². The van der Waals surface area contributed by atoms with Crippen molar-refractivity contribution in [2.24, 2.45) is 11.3 Å². The molecule has 1 aromatic rings. The fourth-order valence-corrected chi connectivity index (χ4v) is 2.98. The van der Waals surface area contributed by atoms with Gasteiger partial charge in [0.2, 0.25) is 0 Å². The molecule has 0 aliphatic carbocycles. The van der Waals surface area contributed by atoms with Gasteiger partial charge in [-0.15, -0.1) is 0 Å². The van der Waals surface area contributed by atoms with E-state index in [2.05, 4.69) is 0 Å². The Morgan fingerprint density at radius 3 is 2.58 bits per heavy atom. The molecule has 1 atom stereocenters. The minimum atomic E-state index is -0.885. The average Bonchev–Trinajstić information content (AvgIpc) is 3.00. The summed E-state index contributed by atoms with van der Waals surface area (Å²) in [5.74, 6) is -0.783. The molecule has 1 N–H and O–H groups in total. The van der Waals surface area contributed by atoms with Gasteiger partial charge in [-0.05, 0) is 31.4 Å². The molecule has 0 aromatic heterocycles. The summed E-state index contributed by atoms with van der Waals surface area (Å²) >= 11 is 0. The summed E-state index contributed by atoms with van der Waals surface area (Å²) in [7, 11) is 0. The van der Waals surface area contributed by atoms with Crippen LogP contribution in [0.4, 0.5) is 0 Å².